The number of fused-ring (bicyclic) bond motifs is 5. The van der Waals surface area contributed by atoms with E-state index in [1.165, 1.54) is 24.8 Å². The third-order valence-electron chi connectivity index (χ3n) is 8.23. The summed E-state index contributed by atoms with van der Waals surface area (Å²) in [5, 5.41) is 3.98. The van der Waals surface area contributed by atoms with Crippen molar-refractivity contribution in [2.24, 2.45) is 5.92 Å². The van der Waals surface area contributed by atoms with Gasteiger partial charge in [0.2, 0.25) is 5.72 Å². The summed E-state index contributed by atoms with van der Waals surface area (Å²) in [6.07, 6.45) is 5.38. The SMILES string of the molecule is O=C1OC2(CC(c3ccccc3)C3CCCC[C@@]34Nc3ccccc3N24)c2ccccc21. The number of para-hydroxylation sites is 2. The van der Waals surface area contributed by atoms with Crippen LogP contribution in [0.25, 0.3) is 0 Å². The number of hydrogen-bond donors (Lipinski definition) is 1. The fourth-order valence-corrected chi connectivity index (χ4v) is 7.11. The molecule has 0 bridgehead atoms. The second-order valence-corrected chi connectivity index (χ2v) is 9.69. The molecule has 0 aromatic heterocycles. The summed E-state index contributed by atoms with van der Waals surface area (Å²) in [5.41, 5.74) is 4.28. The maximum atomic E-state index is 13.2. The molecule has 3 aliphatic heterocycles. The molecule has 2 spiro atoms. The Kier molecular flexibility index (Phi) is 3.65. The normalized spacial score (nSPS) is 31.9. The second kappa shape index (κ2) is 6.38. The minimum absolute atomic E-state index is 0.207. The van der Waals surface area contributed by atoms with Gasteiger partial charge in [-0.2, -0.15) is 0 Å². The van der Waals surface area contributed by atoms with E-state index in [1.54, 1.807) is 0 Å². The Labute approximate surface area is 188 Å². The highest BCUT2D eigenvalue weighted by atomic mass is 16.6. The molecule has 2 fully saturated rings. The van der Waals surface area contributed by atoms with Gasteiger partial charge in [-0.05, 0) is 48.9 Å². The van der Waals surface area contributed by atoms with Crippen LogP contribution in [0, 0.1) is 5.92 Å². The predicted octanol–water partition coefficient (Wildman–Crippen LogP) is 6.02. The van der Waals surface area contributed by atoms with Crippen molar-refractivity contribution in [1.82, 2.24) is 0 Å². The fraction of sp³-hybridized carbons (Fsp3) is 0.321. The summed E-state index contributed by atoms with van der Waals surface area (Å²) < 4.78 is 6.47. The van der Waals surface area contributed by atoms with Crippen molar-refractivity contribution in [2.45, 2.75) is 49.4 Å². The molecule has 4 heteroatoms. The summed E-state index contributed by atoms with van der Waals surface area (Å²) in [4.78, 5) is 15.6. The zero-order valence-electron chi connectivity index (χ0n) is 18.0. The van der Waals surface area contributed by atoms with Gasteiger partial charge in [0.1, 0.15) is 5.66 Å². The molecule has 4 aliphatic rings. The van der Waals surface area contributed by atoms with Gasteiger partial charge in [0.05, 0.1) is 16.9 Å². The predicted molar refractivity (Wildman–Crippen MR) is 125 cm³/mol. The number of piperidine rings is 1. The Morgan fingerprint density at radius 2 is 1.69 bits per heavy atom. The number of esters is 1. The van der Waals surface area contributed by atoms with Crippen LogP contribution in [0.5, 0.6) is 0 Å². The Balaban J connectivity index is 1.52. The van der Waals surface area contributed by atoms with Crippen molar-refractivity contribution in [2.75, 3.05) is 10.2 Å². The standard InChI is InChI=1S/C28H26N2O2/c31-26-20-12-4-5-14-23(20)28(32-26)18-21(19-10-2-1-3-11-19)22-13-8-9-17-27(22)29-24-15-6-7-16-25(24)30(27)28/h1-7,10-12,14-16,21-22,29H,8-9,13,17-18H2/t21?,22?,27-,28?/m0/s1. The fourth-order valence-electron chi connectivity index (χ4n) is 7.11. The first kappa shape index (κ1) is 18.3. The average molecular weight is 423 g/mol. The van der Waals surface area contributed by atoms with E-state index in [-0.39, 0.29) is 11.6 Å². The smallest absolute Gasteiger partial charge is 0.341 e. The monoisotopic (exact) mass is 422 g/mol. The first-order valence-electron chi connectivity index (χ1n) is 11.8. The van der Waals surface area contributed by atoms with Crippen molar-refractivity contribution >= 4 is 17.3 Å². The van der Waals surface area contributed by atoms with Gasteiger partial charge in [-0.3, -0.25) is 0 Å². The van der Waals surface area contributed by atoms with Crippen molar-refractivity contribution in [3.05, 3.63) is 95.6 Å². The van der Waals surface area contributed by atoms with Crippen LogP contribution in [0.2, 0.25) is 0 Å². The van der Waals surface area contributed by atoms with E-state index in [4.69, 9.17) is 4.74 Å². The maximum absolute atomic E-state index is 13.2. The minimum atomic E-state index is -0.804. The van der Waals surface area contributed by atoms with Crippen LogP contribution in [-0.2, 0) is 10.5 Å². The Morgan fingerprint density at radius 1 is 0.906 bits per heavy atom. The molecule has 7 rings (SSSR count). The van der Waals surface area contributed by atoms with Gasteiger partial charge in [-0.15, -0.1) is 0 Å². The van der Waals surface area contributed by atoms with Gasteiger partial charge < -0.3 is 15.0 Å². The van der Waals surface area contributed by atoms with Crippen LogP contribution in [0.3, 0.4) is 0 Å². The zero-order valence-corrected chi connectivity index (χ0v) is 18.0. The van der Waals surface area contributed by atoms with E-state index in [1.807, 2.05) is 18.2 Å². The van der Waals surface area contributed by atoms with Crippen LogP contribution in [0.15, 0.2) is 78.9 Å². The lowest BCUT2D eigenvalue weighted by atomic mass is 9.62. The van der Waals surface area contributed by atoms with Crippen LogP contribution in [-0.4, -0.2) is 11.6 Å². The largest absolute Gasteiger partial charge is 0.431 e. The summed E-state index contributed by atoms with van der Waals surface area (Å²) >= 11 is 0. The molecule has 3 aromatic rings. The molecular formula is C28H26N2O2. The van der Waals surface area contributed by atoms with Gasteiger partial charge in [-0.1, -0.05) is 67.1 Å². The highest BCUT2D eigenvalue weighted by molar-refractivity contribution is 5.96. The minimum Gasteiger partial charge on any atom is -0.431 e. The number of carbonyl (C=O) groups excluding carboxylic acids is 1. The quantitative estimate of drug-likeness (QED) is 0.487. The van der Waals surface area contributed by atoms with Crippen molar-refractivity contribution in [1.29, 1.82) is 0 Å². The number of benzene rings is 3. The second-order valence-electron chi connectivity index (χ2n) is 9.69. The summed E-state index contributed by atoms with van der Waals surface area (Å²) in [6.45, 7) is 0. The first-order chi connectivity index (χ1) is 15.7. The van der Waals surface area contributed by atoms with Crippen molar-refractivity contribution in [3.63, 3.8) is 0 Å². The topological polar surface area (TPSA) is 41.6 Å². The third kappa shape index (κ3) is 2.20. The van der Waals surface area contributed by atoms with Gasteiger partial charge in [0, 0.05) is 17.9 Å². The van der Waals surface area contributed by atoms with Crippen LogP contribution in [0.1, 0.15) is 59.5 Å². The highest BCUT2D eigenvalue weighted by Gasteiger charge is 2.67. The number of rotatable bonds is 1. The molecule has 32 heavy (non-hydrogen) atoms. The molecule has 3 unspecified atom stereocenters. The number of carbonyl (C=O) groups is 1. The average Bonchev–Trinajstić information content (AvgIpc) is 3.32. The van der Waals surface area contributed by atoms with Crippen LogP contribution < -0.4 is 10.2 Å². The summed E-state index contributed by atoms with van der Waals surface area (Å²) in [6, 6.07) is 27.4. The molecule has 1 aliphatic carbocycles. The summed E-state index contributed by atoms with van der Waals surface area (Å²) in [7, 11) is 0. The van der Waals surface area contributed by atoms with Crippen LogP contribution in [0.4, 0.5) is 11.4 Å². The Hall–Kier alpha value is -3.27. The highest BCUT2D eigenvalue weighted by Crippen LogP contribution is 2.65. The molecule has 160 valence electrons. The van der Waals surface area contributed by atoms with E-state index in [2.05, 4.69) is 70.9 Å². The van der Waals surface area contributed by atoms with Crippen molar-refractivity contribution < 1.29 is 9.53 Å². The Bertz CT molecular complexity index is 1220. The lowest BCUT2D eigenvalue weighted by Crippen LogP contribution is -2.69. The van der Waals surface area contributed by atoms with E-state index in [0.29, 0.717) is 17.4 Å². The molecule has 0 radical (unpaired) electrons. The number of nitrogens with one attached hydrogen (secondary N) is 1. The van der Waals surface area contributed by atoms with E-state index in [0.717, 1.165) is 29.8 Å². The van der Waals surface area contributed by atoms with Gasteiger partial charge in [0.15, 0.2) is 0 Å². The molecule has 3 heterocycles. The molecule has 3 aromatic carbocycles. The van der Waals surface area contributed by atoms with E-state index < -0.39 is 5.72 Å². The number of hydrogen-bond acceptors (Lipinski definition) is 4. The Morgan fingerprint density at radius 3 is 2.59 bits per heavy atom. The molecule has 4 nitrogen and oxygen atoms in total. The zero-order chi connectivity index (χ0) is 21.3. The van der Waals surface area contributed by atoms with Gasteiger partial charge >= 0.3 is 5.97 Å². The molecule has 4 atom stereocenters. The lowest BCUT2D eigenvalue weighted by Gasteiger charge is -2.61. The van der Waals surface area contributed by atoms with Gasteiger partial charge in [0.25, 0.3) is 0 Å². The molecule has 0 amide bonds. The number of anilines is 2. The van der Waals surface area contributed by atoms with Gasteiger partial charge in [-0.25, -0.2) is 4.79 Å². The first-order valence-corrected chi connectivity index (χ1v) is 11.8. The van der Waals surface area contributed by atoms with Crippen LogP contribution >= 0.6 is 0 Å². The number of nitrogens with zero attached hydrogens (tertiary/aromatic N) is 1. The third-order valence-corrected chi connectivity index (χ3v) is 8.23. The molecule has 1 saturated carbocycles. The summed E-state index contributed by atoms with van der Waals surface area (Å²) in [5.74, 6) is 0.526. The van der Waals surface area contributed by atoms with E-state index in [9.17, 15) is 4.79 Å². The number of ether oxygens (including phenoxy) is 1. The van der Waals surface area contributed by atoms with Crippen molar-refractivity contribution in [3.8, 4) is 0 Å². The molecular weight excluding hydrogens is 396 g/mol. The maximum Gasteiger partial charge on any atom is 0.341 e. The molecule has 1 N–H and O–H groups in total. The van der Waals surface area contributed by atoms with E-state index >= 15 is 0 Å². The molecule has 1 saturated heterocycles. The lowest BCUT2D eigenvalue weighted by molar-refractivity contribution is -0.0663.